The predicted molar refractivity (Wildman–Crippen MR) is 158 cm³/mol. The van der Waals surface area contributed by atoms with E-state index in [9.17, 15) is 9.59 Å². The lowest BCUT2D eigenvalue weighted by Crippen LogP contribution is -2.47. The number of aromatic nitrogens is 1. The second-order valence-corrected chi connectivity index (χ2v) is 9.97. The lowest BCUT2D eigenvalue weighted by atomic mass is 9.85. The van der Waals surface area contributed by atoms with Crippen molar-refractivity contribution in [2.75, 3.05) is 0 Å². The van der Waals surface area contributed by atoms with Crippen molar-refractivity contribution in [1.82, 2.24) is 10.3 Å². The van der Waals surface area contributed by atoms with E-state index in [0.29, 0.717) is 17.0 Å². The molecule has 0 radical (unpaired) electrons. The van der Waals surface area contributed by atoms with Crippen molar-refractivity contribution < 1.29 is 9.59 Å². The Morgan fingerprint density at radius 2 is 1.52 bits per heavy atom. The smallest absolute Gasteiger partial charge is 0.150 e. The molecule has 0 saturated heterocycles. The van der Waals surface area contributed by atoms with Crippen molar-refractivity contribution in [2.24, 2.45) is 9.98 Å². The number of aliphatic imine (C=N–C) groups is 2. The van der Waals surface area contributed by atoms with Gasteiger partial charge in [-0.3, -0.25) is 10.1 Å². The molecule has 4 aliphatic rings. The third-order valence-electron chi connectivity index (χ3n) is 7.52. The van der Waals surface area contributed by atoms with Crippen LogP contribution in [0.25, 0.3) is 17.2 Å². The number of hydrogen-bond acceptors (Lipinski definition) is 5. The van der Waals surface area contributed by atoms with Gasteiger partial charge in [0.2, 0.25) is 0 Å². The highest BCUT2D eigenvalue weighted by Gasteiger charge is 2.41. The highest BCUT2D eigenvalue weighted by Crippen LogP contribution is 2.38. The normalized spacial score (nSPS) is 22.9. The zero-order valence-electron chi connectivity index (χ0n) is 21.4. The van der Waals surface area contributed by atoms with Gasteiger partial charge < -0.3 is 9.78 Å². The van der Waals surface area contributed by atoms with Gasteiger partial charge in [0.25, 0.3) is 0 Å². The molecule has 2 atom stereocenters. The Labute approximate surface area is 230 Å². The van der Waals surface area contributed by atoms with Crippen LogP contribution >= 0.6 is 0 Å². The summed E-state index contributed by atoms with van der Waals surface area (Å²) in [6, 6.07) is 23.4. The first-order valence-electron chi connectivity index (χ1n) is 13.1. The average Bonchev–Trinajstić information content (AvgIpc) is 3.81. The van der Waals surface area contributed by atoms with E-state index >= 15 is 0 Å². The molecule has 8 bridgehead atoms. The summed E-state index contributed by atoms with van der Waals surface area (Å²) < 4.78 is 0. The topological polar surface area (TPSA) is 86.7 Å². The van der Waals surface area contributed by atoms with Crippen molar-refractivity contribution in [3.05, 3.63) is 148 Å². The van der Waals surface area contributed by atoms with Gasteiger partial charge in [0.1, 0.15) is 18.1 Å². The fourth-order valence-corrected chi connectivity index (χ4v) is 5.67. The molecular weight excluding hydrogens is 496 g/mol. The van der Waals surface area contributed by atoms with Crippen LogP contribution in [0.5, 0.6) is 0 Å². The Hall–Kier alpha value is -5.20. The van der Waals surface area contributed by atoms with E-state index in [0.717, 1.165) is 57.0 Å². The van der Waals surface area contributed by atoms with Crippen molar-refractivity contribution >= 4 is 41.2 Å². The molecule has 3 aromatic rings. The molecule has 2 aromatic carbocycles. The van der Waals surface area contributed by atoms with E-state index in [2.05, 4.69) is 22.4 Å². The SMILES string of the molecule is O=CC1=C2C=CC(=N2)C=c2ccc([nH]2)=C(c2ccccc2)C2=NC(=C(c3ccccc3)C3(C=O)C=CC1N3)C=C2. The Bertz CT molecular complexity index is 1900. The van der Waals surface area contributed by atoms with Crippen molar-refractivity contribution in [2.45, 2.75) is 11.6 Å². The number of carbonyl (C=O) groups excluding carboxylic acids is 2. The molecule has 6 nitrogen and oxygen atoms in total. The second kappa shape index (κ2) is 9.52. The number of carbonyl (C=O) groups is 2. The van der Waals surface area contributed by atoms with E-state index in [-0.39, 0.29) is 0 Å². The van der Waals surface area contributed by atoms with Crippen LogP contribution in [-0.4, -0.2) is 40.6 Å². The lowest BCUT2D eigenvalue weighted by Gasteiger charge is -2.29. The first kappa shape index (κ1) is 23.9. The molecule has 1 aromatic heterocycles. The van der Waals surface area contributed by atoms with Gasteiger partial charge in [0, 0.05) is 27.4 Å². The molecule has 0 saturated carbocycles. The van der Waals surface area contributed by atoms with Crippen LogP contribution in [0, 0.1) is 0 Å². The maximum absolute atomic E-state index is 13.0. The quantitative estimate of drug-likeness (QED) is 0.409. The first-order chi connectivity index (χ1) is 19.7. The Morgan fingerprint density at radius 3 is 2.27 bits per heavy atom. The maximum Gasteiger partial charge on any atom is 0.150 e. The van der Waals surface area contributed by atoms with Crippen LogP contribution < -0.4 is 16.0 Å². The number of rotatable bonds is 4. The van der Waals surface area contributed by atoms with Crippen LogP contribution in [0.4, 0.5) is 0 Å². The van der Waals surface area contributed by atoms with Gasteiger partial charge in [0.15, 0.2) is 0 Å². The molecular formula is C34H24N4O2. The summed E-state index contributed by atoms with van der Waals surface area (Å²) in [6.07, 6.45) is 15.0. The van der Waals surface area contributed by atoms with E-state index < -0.39 is 11.6 Å². The third kappa shape index (κ3) is 3.94. The first-order valence-corrected chi connectivity index (χ1v) is 13.1. The minimum Gasteiger partial charge on any atom is -0.355 e. The molecule has 0 amide bonds. The molecule has 7 rings (SSSR count). The molecule has 0 spiro atoms. The number of hydrogen-bond donors (Lipinski definition) is 2. The summed E-state index contributed by atoms with van der Waals surface area (Å²) in [5.74, 6) is 0. The van der Waals surface area contributed by atoms with Gasteiger partial charge in [0.05, 0.1) is 28.9 Å². The van der Waals surface area contributed by atoms with Crippen LogP contribution in [0.1, 0.15) is 11.1 Å². The molecule has 40 heavy (non-hydrogen) atoms. The van der Waals surface area contributed by atoms with Gasteiger partial charge in [-0.25, -0.2) is 9.98 Å². The number of H-pyrrole nitrogens is 1. The zero-order chi connectivity index (χ0) is 27.1. The Balaban J connectivity index is 1.56. The van der Waals surface area contributed by atoms with E-state index in [4.69, 9.17) is 9.98 Å². The highest BCUT2D eigenvalue weighted by molar-refractivity contribution is 6.30. The maximum atomic E-state index is 13.0. The molecule has 0 aliphatic carbocycles. The lowest BCUT2D eigenvalue weighted by molar-refractivity contribution is -0.110. The molecule has 4 aliphatic heterocycles. The van der Waals surface area contributed by atoms with Crippen LogP contribution in [0.15, 0.2) is 136 Å². The standard InChI is InChI=1S/C34H24N4O2/c39-20-26-27-13-11-24(35-27)19-25-12-14-29(36-25)32(22-7-3-1-4-8-22)30-15-16-31(37-30)33(23-9-5-2-6-10-23)34(21-40)18-17-28(26)38-34/h1-21,28,36,38H. The summed E-state index contributed by atoms with van der Waals surface area (Å²) in [7, 11) is 0. The molecule has 5 heterocycles. The summed E-state index contributed by atoms with van der Waals surface area (Å²) in [6.45, 7) is 0. The van der Waals surface area contributed by atoms with Crippen molar-refractivity contribution in [3.63, 3.8) is 0 Å². The number of benzene rings is 2. The number of aldehydes is 2. The van der Waals surface area contributed by atoms with Gasteiger partial charge in [-0.15, -0.1) is 0 Å². The highest BCUT2D eigenvalue weighted by atomic mass is 16.1. The molecule has 192 valence electrons. The Morgan fingerprint density at radius 1 is 0.775 bits per heavy atom. The summed E-state index contributed by atoms with van der Waals surface area (Å²) >= 11 is 0. The number of aromatic amines is 1. The largest absolute Gasteiger partial charge is 0.355 e. The number of nitrogens with zero attached hydrogens (tertiary/aromatic N) is 2. The minimum atomic E-state index is -1.20. The monoisotopic (exact) mass is 520 g/mol. The van der Waals surface area contributed by atoms with Gasteiger partial charge in [-0.1, -0.05) is 72.8 Å². The second-order valence-electron chi connectivity index (χ2n) is 9.97. The fourth-order valence-electron chi connectivity index (χ4n) is 5.67. The molecule has 0 fully saturated rings. The predicted octanol–water partition coefficient (Wildman–Crippen LogP) is 3.36. The minimum absolute atomic E-state index is 0.460. The van der Waals surface area contributed by atoms with Crippen molar-refractivity contribution in [3.8, 4) is 0 Å². The number of allylic oxidation sites excluding steroid dienone is 4. The van der Waals surface area contributed by atoms with Crippen LogP contribution in [0.3, 0.4) is 0 Å². The molecule has 6 heteroatoms. The van der Waals surface area contributed by atoms with Crippen molar-refractivity contribution in [1.29, 1.82) is 0 Å². The van der Waals surface area contributed by atoms with Crippen LogP contribution in [0.2, 0.25) is 0 Å². The van der Waals surface area contributed by atoms with E-state index in [1.165, 1.54) is 0 Å². The zero-order valence-corrected chi connectivity index (χ0v) is 21.4. The summed E-state index contributed by atoms with van der Waals surface area (Å²) in [5.41, 5.74) is 5.55. The molecule has 2 unspecified atom stereocenters. The van der Waals surface area contributed by atoms with Gasteiger partial charge >= 0.3 is 0 Å². The number of nitrogens with one attached hydrogen (secondary N) is 2. The third-order valence-corrected chi connectivity index (χ3v) is 7.52. The summed E-state index contributed by atoms with van der Waals surface area (Å²) in [4.78, 5) is 38.7. The Kier molecular flexibility index (Phi) is 5.68. The average molecular weight is 521 g/mol. The van der Waals surface area contributed by atoms with Crippen LogP contribution in [-0.2, 0) is 9.59 Å². The fraction of sp³-hybridized carbons (Fsp3) is 0.0588. The van der Waals surface area contributed by atoms with Gasteiger partial charge in [-0.05, 0) is 53.6 Å². The summed E-state index contributed by atoms with van der Waals surface area (Å²) in [5, 5.41) is 5.23. The van der Waals surface area contributed by atoms with E-state index in [1.807, 2.05) is 103 Å². The number of fused-ring (bicyclic) bond motifs is 6. The van der Waals surface area contributed by atoms with Gasteiger partial charge in [-0.2, -0.15) is 0 Å². The van der Waals surface area contributed by atoms with E-state index in [1.54, 1.807) is 0 Å². The molecule has 2 N–H and O–H groups in total.